The molecule has 0 radical (unpaired) electrons. The first-order chi connectivity index (χ1) is 12.7. The molecule has 0 amide bonds. The molecule has 0 fully saturated rings. The molecule has 0 aliphatic carbocycles. The van der Waals surface area contributed by atoms with Gasteiger partial charge in [0.25, 0.3) is 0 Å². The average molecular weight is 482 g/mol. The van der Waals surface area contributed by atoms with E-state index >= 15 is 0 Å². The fourth-order valence-corrected chi connectivity index (χ4v) is 3.68. The van der Waals surface area contributed by atoms with Gasteiger partial charge in [0, 0.05) is 11.1 Å². The molecule has 2 aromatic carbocycles. The van der Waals surface area contributed by atoms with Gasteiger partial charge in [0.15, 0.2) is 0 Å². The summed E-state index contributed by atoms with van der Waals surface area (Å²) < 4.78 is 0. The summed E-state index contributed by atoms with van der Waals surface area (Å²) in [6.45, 7) is 0. The fourth-order valence-electron chi connectivity index (χ4n) is 2.42. The largest absolute Gasteiger partial charge is 0.478 e. The smallest absolute Gasteiger partial charge is 0.337 e. The van der Waals surface area contributed by atoms with Crippen LogP contribution in [0.1, 0.15) is 10.4 Å². The number of aromatic nitrogens is 1. The van der Waals surface area contributed by atoms with Gasteiger partial charge in [-0.15, -0.1) is 0 Å². The summed E-state index contributed by atoms with van der Waals surface area (Å²) in [6.07, 6.45) is 0. The predicted molar refractivity (Wildman–Crippen MR) is 112 cm³/mol. The van der Waals surface area contributed by atoms with Crippen LogP contribution >= 0.6 is 69.6 Å². The number of carboxylic acid groups (broad SMARTS) is 1. The van der Waals surface area contributed by atoms with Crippen LogP contribution in [0.5, 0.6) is 0 Å². The Labute approximate surface area is 184 Å². The first kappa shape index (κ1) is 20.5. The minimum Gasteiger partial charge on any atom is -0.478 e. The molecular weight excluding hydrogens is 475 g/mol. The van der Waals surface area contributed by atoms with E-state index < -0.39 is 5.97 Å². The summed E-state index contributed by atoms with van der Waals surface area (Å²) in [5.74, 6) is -1.17. The van der Waals surface area contributed by atoms with Crippen molar-refractivity contribution in [2.45, 2.75) is 0 Å². The maximum atomic E-state index is 11.7. The zero-order valence-corrected chi connectivity index (χ0v) is 17.6. The van der Waals surface area contributed by atoms with Gasteiger partial charge in [-0.05, 0) is 36.4 Å². The van der Waals surface area contributed by atoms with Crippen LogP contribution in [-0.4, -0.2) is 16.1 Å². The topological polar surface area (TPSA) is 50.2 Å². The maximum Gasteiger partial charge on any atom is 0.337 e. The molecule has 3 aromatic rings. The molecule has 0 unspecified atom stereocenters. The zero-order valence-electron chi connectivity index (χ0n) is 13.0. The molecule has 1 N–H and O–H groups in total. The normalized spacial score (nSPS) is 10.9. The van der Waals surface area contributed by atoms with Crippen LogP contribution < -0.4 is 0 Å². The third-order valence-electron chi connectivity index (χ3n) is 3.73. The van der Waals surface area contributed by atoms with E-state index in [4.69, 9.17) is 69.6 Å². The van der Waals surface area contributed by atoms with Crippen molar-refractivity contribution in [2.75, 3.05) is 0 Å². The second kappa shape index (κ2) is 8.04. The molecule has 3 nitrogen and oxygen atoms in total. The van der Waals surface area contributed by atoms with Gasteiger partial charge in [-0.25, -0.2) is 9.78 Å². The standard InChI is InChI=1S/C18H7Cl6NO2/c19-10-4-1-7(13(21)15(10)23)12-6-3-9(18(26)27)17(25-12)8-2-5-11(20)16(24)14(8)22/h1-6H,(H,26,27). The first-order valence-corrected chi connectivity index (χ1v) is 9.51. The Kier molecular flexibility index (Phi) is 6.11. The van der Waals surface area contributed by atoms with Crippen molar-refractivity contribution in [3.05, 3.63) is 72.1 Å². The lowest BCUT2D eigenvalue weighted by Gasteiger charge is -2.13. The van der Waals surface area contributed by atoms with Crippen LogP contribution in [0.15, 0.2) is 36.4 Å². The number of rotatable bonds is 3. The Hall–Kier alpha value is -1.20. The van der Waals surface area contributed by atoms with E-state index in [1.54, 1.807) is 18.2 Å². The highest BCUT2D eigenvalue weighted by molar-refractivity contribution is 6.50. The van der Waals surface area contributed by atoms with Gasteiger partial charge in [-0.2, -0.15) is 0 Å². The lowest BCUT2D eigenvalue weighted by Crippen LogP contribution is -2.03. The molecule has 27 heavy (non-hydrogen) atoms. The van der Waals surface area contributed by atoms with Crippen LogP contribution in [0.25, 0.3) is 22.5 Å². The molecule has 3 rings (SSSR count). The molecule has 1 aromatic heterocycles. The fraction of sp³-hybridized carbons (Fsp3) is 0. The Morgan fingerprint density at radius 3 is 1.78 bits per heavy atom. The summed E-state index contributed by atoms with van der Waals surface area (Å²) >= 11 is 36.7. The highest BCUT2D eigenvalue weighted by Crippen LogP contribution is 2.41. The molecule has 9 heteroatoms. The first-order valence-electron chi connectivity index (χ1n) is 7.24. The SMILES string of the molecule is O=C(O)c1ccc(-c2ccc(Cl)c(Cl)c2Cl)nc1-c1ccc(Cl)c(Cl)c1Cl. The maximum absolute atomic E-state index is 11.7. The third-order valence-corrected chi connectivity index (χ3v) is 6.31. The molecule has 0 aliphatic heterocycles. The number of pyridine rings is 1. The highest BCUT2D eigenvalue weighted by Gasteiger charge is 2.21. The van der Waals surface area contributed by atoms with Crippen molar-refractivity contribution in [1.82, 2.24) is 4.98 Å². The zero-order chi connectivity index (χ0) is 19.9. The molecule has 0 saturated heterocycles. The van der Waals surface area contributed by atoms with Crippen LogP contribution in [0.3, 0.4) is 0 Å². The van der Waals surface area contributed by atoms with Crippen molar-refractivity contribution in [3.63, 3.8) is 0 Å². The average Bonchev–Trinajstić information content (AvgIpc) is 2.64. The van der Waals surface area contributed by atoms with Crippen LogP contribution in [-0.2, 0) is 0 Å². The molecular formula is C18H7Cl6NO2. The summed E-state index contributed by atoms with van der Waals surface area (Å²) in [5.41, 5.74) is 1.25. The summed E-state index contributed by atoms with van der Waals surface area (Å²) in [7, 11) is 0. The van der Waals surface area contributed by atoms with E-state index in [9.17, 15) is 9.90 Å². The van der Waals surface area contributed by atoms with Crippen LogP contribution in [0.2, 0.25) is 30.1 Å². The van der Waals surface area contributed by atoms with Gasteiger partial charge in [0.05, 0.1) is 47.1 Å². The van der Waals surface area contributed by atoms with Gasteiger partial charge < -0.3 is 5.11 Å². The van der Waals surface area contributed by atoms with Crippen molar-refractivity contribution in [3.8, 4) is 22.5 Å². The van der Waals surface area contributed by atoms with Crippen molar-refractivity contribution < 1.29 is 9.90 Å². The second-order valence-corrected chi connectivity index (χ2v) is 7.67. The van der Waals surface area contributed by atoms with Gasteiger partial charge in [-0.3, -0.25) is 0 Å². The van der Waals surface area contributed by atoms with Crippen molar-refractivity contribution >= 4 is 75.6 Å². The Bertz CT molecular complexity index is 1080. The minimum atomic E-state index is -1.17. The number of nitrogens with zero attached hydrogens (tertiary/aromatic N) is 1. The van der Waals surface area contributed by atoms with E-state index in [0.717, 1.165) is 0 Å². The third kappa shape index (κ3) is 3.86. The van der Waals surface area contributed by atoms with E-state index in [-0.39, 0.29) is 36.4 Å². The lowest BCUT2D eigenvalue weighted by atomic mass is 10.0. The summed E-state index contributed by atoms with van der Waals surface area (Å²) in [6, 6.07) is 9.19. The molecule has 0 atom stereocenters. The molecule has 0 spiro atoms. The Morgan fingerprint density at radius 2 is 1.22 bits per heavy atom. The van der Waals surface area contributed by atoms with Gasteiger partial charge >= 0.3 is 5.97 Å². The number of hydrogen-bond donors (Lipinski definition) is 1. The quantitative estimate of drug-likeness (QED) is 0.385. The van der Waals surface area contributed by atoms with Gasteiger partial charge in [-0.1, -0.05) is 69.6 Å². The van der Waals surface area contributed by atoms with E-state index in [2.05, 4.69) is 4.98 Å². The van der Waals surface area contributed by atoms with Gasteiger partial charge in [0.2, 0.25) is 0 Å². The van der Waals surface area contributed by atoms with E-state index in [1.807, 2.05) is 0 Å². The summed E-state index contributed by atoms with van der Waals surface area (Å²) in [5, 5.41) is 10.6. The van der Waals surface area contributed by atoms with E-state index in [0.29, 0.717) is 21.8 Å². The second-order valence-electron chi connectivity index (χ2n) is 5.34. The van der Waals surface area contributed by atoms with Crippen molar-refractivity contribution in [1.29, 1.82) is 0 Å². The number of aromatic carboxylic acids is 1. The number of carboxylic acids is 1. The minimum absolute atomic E-state index is 0.0600. The molecule has 138 valence electrons. The number of hydrogen-bond acceptors (Lipinski definition) is 2. The Morgan fingerprint density at radius 1 is 0.704 bits per heavy atom. The number of halogens is 6. The van der Waals surface area contributed by atoms with Crippen LogP contribution in [0, 0.1) is 0 Å². The van der Waals surface area contributed by atoms with Crippen molar-refractivity contribution in [2.24, 2.45) is 0 Å². The molecule has 0 bridgehead atoms. The highest BCUT2D eigenvalue weighted by atomic mass is 35.5. The number of carbonyl (C=O) groups is 1. The number of benzene rings is 2. The van der Waals surface area contributed by atoms with E-state index in [1.165, 1.54) is 18.2 Å². The summed E-state index contributed by atoms with van der Waals surface area (Å²) in [4.78, 5) is 16.1. The predicted octanol–water partition coefficient (Wildman–Crippen LogP) is 8.03. The molecule has 0 saturated carbocycles. The molecule has 0 aliphatic rings. The lowest BCUT2D eigenvalue weighted by molar-refractivity contribution is 0.0697. The Balaban J connectivity index is 2.29. The monoisotopic (exact) mass is 479 g/mol. The van der Waals surface area contributed by atoms with Gasteiger partial charge in [0.1, 0.15) is 0 Å². The molecule has 1 heterocycles. The van der Waals surface area contributed by atoms with Crippen LogP contribution in [0.4, 0.5) is 0 Å².